The van der Waals surface area contributed by atoms with E-state index < -0.39 is 5.60 Å². The molecule has 1 fully saturated rings. The lowest BCUT2D eigenvalue weighted by Gasteiger charge is -2.34. The van der Waals surface area contributed by atoms with Gasteiger partial charge >= 0.3 is 6.09 Å². The van der Waals surface area contributed by atoms with E-state index in [1.165, 1.54) is 5.69 Å². The molecule has 1 aliphatic heterocycles. The van der Waals surface area contributed by atoms with Crippen LogP contribution in [-0.2, 0) is 4.74 Å². The maximum Gasteiger partial charge on any atom is 0.408 e. The molecule has 1 aromatic rings. The van der Waals surface area contributed by atoms with Crippen LogP contribution in [0, 0.1) is 0 Å². The van der Waals surface area contributed by atoms with Gasteiger partial charge in [-0.15, -0.1) is 0 Å². The first kappa shape index (κ1) is 17.6. The first-order chi connectivity index (χ1) is 10.7. The van der Waals surface area contributed by atoms with E-state index in [9.17, 15) is 4.79 Å². The SMILES string of the molecule is CC(NC(=O)OC(C)(C)C)c1cccc(N2CCN(C)CC2)c1. The minimum Gasteiger partial charge on any atom is -0.444 e. The van der Waals surface area contributed by atoms with Gasteiger partial charge < -0.3 is 19.9 Å². The molecular formula is C18H29N3O2. The van der Waals surface area contributed by atoms with Gasteiger partial charge in [-0.05, 0) is 52.4 Å². The topological polar surface area (TPSA) is 44.8 Å². The fraction of sp³-hybridized carbons (Fsp3) is 0.611. The van der Waals surface area contributed by atoms with Crippen molar-refractivity contribution in [3.05, 3.63) is 29.8 Å². The van der Waals surface area contributed by atoms with E-state index in [4.69, 9.17) is 4.74 Å². The molecule has 1 saturated heterocycles. The third-order valence-electron chi connectivity index (χ3n) is 3.97. The van der Waals surface area contributed by atoms with Crippen LogP contribution in [0.4, 0.5) is 10.5 Å². The monoisotopic (exact) mass is 319 g/mol. The standard InChI is InChI=1S/C18H29N3O2/c1-14(19-17(22)23-18(2,3)4)15-7-6-8-16(13-15)21-11-9-20(5)10-12-21/h6-8,13-14H,9-12H2,1-5H3,(H,19,22). The fourth-order valence-corrected chi connectivity index (χ4v) is 2.62. The van der Waals surface area contributed by atoms with Crippen LogP contribution >= 0.6 is 0 Å². The minimum absolute atomic E-state index is 0.0859. The highest BCUT2D eigenvalue weighted by Crippen LogP contribution is 2.22. The highest BCUT2D eigenvalue weighted by molar-refractivity contribution is 5.68. The van der Waals surface area contributed by atoms with E-state index in [0.29, 0.717) is 0 Å². The van der Waals surface area contributed by atoms with Crippen molar-refractivity contribution in [2.75, 3.05) is 38.1 Å². The zero-order valence-electron chi connectivity index (χ0n) is 14.9. The Morgan fingerprint density at radius 2 is 1.87 bits per heavy atom. The Labute approximate surface area is 139 Å². The number of nitrogens with one attached hydrogen (secondary N) is 1. The second-order valence-corrected chi connectivity index (χ2v) is 7.25. The van der Waals surface area contributed by atoms with Crippen molar-refractivity contribution < 1.29 is 9.53 Å². The van der Waals surface area contributed by atoms with Crippen molar-refractivity contribution in [2.45, 2.75) is 39.3 Å². The largest absolute Gasteiger partial charge is 0.444 e. The Hall–Kier alpha value is -1.75. The van der Waals surface area contributed by atoms with Crippen molar-refractivity contribution in [3.63, 3.8) is 0 Å². The second-order valence-electron chi connectivity index (χ2n) is 7.25. The molecule has 2 rings (SSSR count). The number of piperazine rings is 1. The summed E-state index contributed by atoms with van der Waals surface area (Å²) in [4.78, 5) is 16.6. The zero-order chi connectivity index (χ0) is 17.0. The number of hydrogen-bond acceptors (Lipinski definition) is 4. The normalized spacial score (nSPS) is 17.7. The van der Waals surface area contributed by atoms with E-state index in [1.807, 2.05) is 33.8 Å². The van der Waals surface area contributed by atoms with E-state index in [2.05, 4.69) is 40.4 Å². The summed E-state index contributed by atoms with van der Waals surface area (Å²) in [5.41, 5.74) is 1.83. The predicted octanol–water partition coefficient (Wildman–Crippen LogP) is 3.02. The Morgan fingerprint density at radius 1 is 1.22 bits per heavy atom. The van der Waals surface area contributed by atoms with Crippen molar-refractivity contribution in [3.8, 4) is 0 Å². The molecule has 5 heteroatoms. The molecule has 1 aromatic carbocycles. The molecule has 5 nitrogen and oxygen atoms in total. The number of benzene rings is 1. The Morgan fingerprint density at radius 3 is 2.48 bits per heavy atom. The molecule has 1 heterocycles. The number of carbonyl (C=O) groups is 1. The minimum atomic E-state index is -0.481. The molecule has 0 aliphatic carbocycles. The lowest BCUT2D eigenvalue weighted by Crippen LogP contribution is -2.44. The van der Waals surface area contributed by atoms with Crippen molar-refractivity contribution in [2.24, 2.45) is 0 Å². The molecule has 23 heavy (non-hydrogen) atoms. The first-order valence-electron chi connectivity index (χ1n) is 8.27. The quantitative estimate of drug-likeness (QED) is 0.930. The van der Waals surface area contributed by atoms with Crippen LogP contribution in [0.3, 0.4) is 0 Å². The summed E-state index contributed by atoms with van der Waals surface area (Å²) in [6.07, 6.45) is -0.380. The number of alkyl carbamates (subject to hydrolysis) is 1. The van der Waals surface area contributed by atoms with Crippen LogP contribution in [0.25, 0.3) is 0 Å². The number of hydrogen-bond donors (Lipinski definition) is 1. The molecular weight excluding hydrogens is 290 g/mol. The molecule has 0 bridgehead atoms. The van der Waals surface area contributed by atoms with Gasteiger partial charge in [-0.1, -0.05) is 12.1 Å². The summed E-state index contributed by atoms with van der Waals surface area (Å²) < 4.78 is 5.32. The van der Waals surface area contributed by atoms with Gasteiger partial charge in [-0.3, -0.25) is 0 Å². The maximum atomic E-state index is 11.9. The summed E-state index contributed by atoms with van der Waals surface area (Å²) in [5.74, 6) is 0. The van der Waals surface area contributed by atoms with Crippen molar-refractivity contribution in [1.29, 1.82) is 0 Å². The highest BCUT2D eigenvalue weighted by atomic mass is 16.6. The van der Waals surface area contributed by atoms with Crippen molar-refractivity contribution >= 4 is 11.8 Å². The molecule has 1 aliphatic rings. The van der Waals surface area contributed by atoms with Crippen LogP contribution in [0.5, 0.6) is 0 Å². The van der Waals surface area contributed by atoms with Gasteiger partial charge in [0.1, 0.15) is 5.60 Å². The summed E-state index contributed by atoms with van der Waals surface area (Å²) in [7, 11) is 2.15. The predicted molar refractivity (Wildman–Crippen MR) is 93.9 cm³/mol. The van der Waals surface area contributed by atoms with Crippen LogP contribution in [0.2, 0.25) is 0 Å². The Balaban J connectivity index is 2.00. The summed E-state index contributed by atoms with van der Waals surface area (Å²) in [6.45, 7) is 11.8. The average Bonchev–Trinajstić information content (AvgIpc) is 2.46. The molecule has 128 valence electrons. The molecule has 1 unspecified atom stereocenters. The molecule has 0 saturated carbocycles. The smallest absolute Gasteiger partial charge is 0.408 e. The van der Waals surface area contributed by atoms with E-state index in [-0.39, 0.29) is 12.1 Å². The van der Waals surface area contributed by atoms with Crippen LogP contribution in [0.15, 0.2) is 24.3 Å². The second kappa shape index (κ2) is 7.21. The number of carbonyl (C=O) groups excluding carboxylic acids is 1. The number of anilines is 1. The molecule has 1 N–H and O–H groups in total. The third kappa shape index (κ3) is 5.43. The van der Waals surface area contributed by atoms with Gasteiger partial charge in [0.25, 0.3) is 0 Å². The van der Waals surface area contributed by atoms with Gasteiger partial charge in [-0.2, -0.15) is 0 Å². The summed E-state index contributed by atoms with van der Waals surface area (Å²) >= 11 is 0. The van der Waals surface area contributed by atoms with E-state index >= 15 is 0 Å². The van der Waals surface area contributed by atoms with Crippen molar-refractivity contribution in [1.82, 2.24) is 10.2 Å². The maximum absolute atomic E-state index is 11.9. The number of rotatable bonds is 3. The van der Waals surface area contributed by atoms with Gasteiger partial charge in [0, 0.05) is 31.9 Å². The molecule has 1 atom stereocenters. The number of nitrogens with zero attached hydrogens (tertiary/aromatic N) is 2. The molecule has 0 spiro atoms. The zero-order valence-corrected chi connectivity index (χ0v) is 14.9. The van der Waals surface area contributed by atoms with Crippen LogP contribution in [-0.4, -0.2) is 49.8 Å². The number of likely N-dealkylation sites (N-methyl/N-ethyl adjacent to an activating group) is 1. The summed E-state index contributed by atoms with van der Waals surface area (Å²) in [5, 5.41) is 2.90. The third-order valence-corrected chi connectivity index (χ3v) is 3.97. The molecule has 0 radical (unpaired) electrons. The molecule has 1 amide bonds. The van der Waals surface area contributed by atoms with Crippen LogP contribution < -0.4 is 10.2 Å². The number of amides is 1. The summed E-state index contributed by atoms with van der Waals surface area (Å²) in [6, 6.07) is 8.30. The van der Waals surface area contributed by atoms with Gasteiger partial charge in [0.2, 0.25) is 0 Å². The lowest BCUT2D eigenvalue weighted by atomic mass is 10.1. The Kier molecular flexibility index (Phi) is 5.52. The van der Waals surface area contributed by atoms with Gasteiger partial charge in [0.05, 0.1) is 6.04 Å². The first-order valence-corrected chi connectivity index (χ1v) is 8.27. The van der Waals surface area contributed by atoms with E-state index in [0.717, 1.165) is 31.7 Å². The Bertz CT molecular complexity index is 531. The van der Waals surface area contributed by atoms with Gasteiger partial charge in [0.15, 0.2) is 0 Å². The van der Waals surface area contributed by atoms with Gasteiger partial charge in [-0.25, -0.2) is 4.79 Å². The highest BCUT2D eigenvalue weighted by Gasteiger charge is 2.19. The average molecular weight is 319 g/mol. The molecule has 0 aromatic heterocycles. The fourth-order valence-electron chi connectivity index (χ4n) is 2.62. The van der Waals surface area contributed by atoms with Crippen LogP contribution in [0.1, 0.15) is 39.3 Å². The van der Waals surface area contributed by atoms with E-state index in [1.54, 1.807) is 0 Å². The number of ether oxygens (including phenoxy) is 1. The lowest BCUT2D eigenvalue weighted by molar-refractivity contribution is 0.0508.